The number of fused-ring (bicyclic) bond motifs is 1. The molecule has 1 aromatic heterocycles. The van der Waals surface area contributed by atoms with Crippen LogP contribution in [0.25, 0.3) is 0 Å². The average Bonchev–Trinajstić information content (AvgIpc) is 2.89. The zero-order chi connectivity index (χ0) is 12.4. The third kappa shape index (κ3) is 2.41. The Morgan fingerprint density at radius 2 is 2.17 bits per heavy atom. The van der Waals surface area contributed by atoms with Crippen molar-refractivity contribution in [1.29, 1.82) is 0 Å². The molecule has 0 atom stereocenters. The van der Waals surface area contributed by atoms with Crippen LogP contribution < -0.4 is 16.3 Å². The fraction of sp³-hybridized carbons (Fsp3) is 0.692. The van der Waals surface area contributed by atoms with Gasteiger partial charge in [0.25, 0.3) is 0 Å². The molecule has 3 N–H and O–H groups in total. The molecule has 0 unspecified atom stereocenters. The molecule has 1 fully saturated rings. The summed E-state index contributed by atoms with van der Waals surface area (Å²) in [6.45, 7) is 2.67. The van der Waals surface area contributed by atoms with E-state index in [1.807, 2.05) is 0 Å². The van der Waals surface area contributed by atoms with Crippen molar-refractivity contribution in [3.63, 3.8) is 0 Å². The Labute approximate surface area is 106 Å². The Morgan fingerprint density at radius 1 is 1.33 bits per heavy atom. The molecular weight excluding hydrogens is 228 g/mol. The van der Waals surface area contributed by atoms with E-state index >= 15 is 0 Å². The maximum atomic E-state index is 11.5. The van der Waals surface area contributed by atoms with E-state index in [2.05, 4.69) is 20.6 Å². The van der Waals surface area contributed by atoms with Gasteiger partial charge in [0.05, 0.1) is 0 Å². The molecule has 18 heavy (non-hydrogen) atoms. The largest absolute Gasteiger partial charge is 0.369 e. The van der Waals surface area contributed by atoms with E-state index in [0.29, 0.717) is 0 Å². The average molecular weight is 248 g/mol. The normalized spacial score (nSPS) is 19.8. The second-order valence-corrected chi connectivity index (χ2v) is 5.31. The minimum atomic E-state index is -0.232. The van der Waals surface area contributed by atoms with E-state index in [0.717, 1.165) is 49.0 Å². The van der Waals surface area contributed by atoms with E-state index in [1.54, 1.807) is 0 Å². The molecule has 1 aliphatic heterocycles. The Bertz CT molecular complexity index is 476. The summed E-state index contributed by atoms with van der Waals surface area (Å²) in [5.74, 6) is 1.53. The van der Waals surface area contributed by atoms with Crippen LogP contribution in [0.15, 0.2) is 4.79 Å². The molecule has 0 aromatic carbocycles. The van der Waals surface area contributed by atoms with Gasteiger partial charge in [0, 0.05) is 37.3 Å². The summed E-state index contributed by atoms with van der Waals surface area (Å²) in [6, 6.07) is 0. The summed E-state index contributed by atoms with van der Waals surface area (Å²) in [6.07, 6.45) is 6.17. The second kappa shape index (κ2) is 5.10. The van der Waals surface area contributed by atoms with Crippen LogP contribution in [0, 0.1) is 5.92 Å². The second-order valence-electron chi connectivity index (χ2n) is 5.31. The van der Waals surface area contributed by atoms with Gasteiger partial charge in [-0.15, -0.1) is 0 Å². The summed E-state index contributed by atoms with van der Waals surface area (Å²) in [5, 5.41) is 6.71. The van der Waals surface area contributed by atoms with Gasteiger partial charge < -0.3 is 15.6 Å². The Morgan fingerprint density at radius 3 is 3.00 bits per heavy atom. The van der Waals surface area contributed by atoms with Gasteiger partial charge in [0.1, 0.15) is 5.82 Å². The smallest absolute Gasteiger partial charge is 0.347 e. The van der Waals surface area contributed by atoms with Crippen molar-refractivity contribution in [2.45, 2.75) is 38.6 Å². The van der Waals surface area contributed by atoms with Gasteiger partial charge in [0.2, 0.25) is 0 Å². The summed E-state index contributed by atoms with van der Waals surface area (Å²) in [4.78, 5) is 18.5. The molecule has 0 saturated heterocycles. The maximum Gasteiger partial charge on any atom is 0.347 e. The highest BCUT2D eigenvalue weighted by molar-refractivity contribution is 5.46. The van der Waals surface area contributed by atoms with Crippen LogP contribution >= 0.6 is 0 Å². The highest BCUT2D eigenvalue weighted by Gasteiger charge is 2.18. The van der Waals surface area contributed by atoms with E-state index < -0.39 is 0 Å². The molecule has 0 radical (unpaired) electrons. The monoisotopic (exact) mass is 248 g/mol. The molecule has 1 aliphatic carbocycles. The fourth-order valence-corrected chi connectivity index (χ4v) is 2.98. The Hall–Kier alpha value is -1.36. The zero-order valence-corrected chi connectivity index (χ0v) is 10.6. The number of aromatic amines is 1. The van der Waals surface area contributed by atoms with Crippen molar-refractivity contribution in [2.75, 3.05) is 18.4 Å². The minimum absolute atomic E-state index is 0.232. The summed E-state index contributed by atoms with van der Waals surface area (Å²) in [7, 11) is 0. The van der Waals surface area contributed by atoms with Crippen molar-refractivity contribution in [2.24, 2.45) is 5.92 Å². The molecule has 0 spiro atoms. The van der Waals surface area contributed by atoms with Crippen molar-refractivity contribution < 1.29 is 0 Å². The van der Waals surface area contributed by atoms with E-state index in [1.165, 1.54) is 25.7 Å². The molecule has 0 bridgehead atoms. The van der Waals surface area contributed by atoms with Gasteiger partial charge in [-0.2, -0.15) is 4.98 Å². The van der Waals surface area contributed by atoms with Gasteiger partial charge in [-0.05, 0) is 18.8 Å². The van der Waals surface area contributed by atoms with Crippen LogP contribution in [0.4, 0.5) is 5.82 Å². The van der Waals surface area contributed by atoms with Crippen LogP contribution in [-0.2, 0) is 13.0 Å². The minimum Gasteiger partial charge on any atom is -0.369 e. The predicted molar refractivity (Wildman–Crippen MR) is 70.7 cm³/mol. The topological polar surface area (TPSA) is 69.8 Å². The van der Waals surface area contributed by atoms with E-state index in [4.69, 9.17) is 0 Å². The summed E-state index contributed by atoms with van der Waals surface area (Å²) < 4.78 is 0. The third-order valence-corrected chi connectivity index (χ3v) is 4.01. The molecule has 2 heterocycles. The highest BCUT2D eigenvalue weighted by atomic mass is 16.1. The first kappa shape index (κ1) is 11.7. The standard InChI is InChI=1S/C13H20N4O/c18-13-16-11-5-6-14-8-10(11)12(17-13)15-7-9-3-1-2-4-9/h9,14H,1-8H2,(H2,15,16,17,18). The summed E-state index contributed by atoms with van der Waals surface area (Å²) in [5.41, 5.74) is 1.95. The molecule has 1 aromatic rings. The maximum absolute atomic E-state index is 11.5. The van der Waals surface area contributed by atoms with Crippen LogP contribution in [-0.4, -0.2) is 23.1 Å². The summed E-state index contributed by atoms with van der Waals surface area (Å²) >= 11 is 0. The van der Waals surface area contributed by atoms with E-state index in [9.17, 15) is 4.79 Å². The zero-order valence-electron chi connectivity index (χ0n) is 10.6. The lowest BCUT2D eigenvalue weighted by Gasteiger charge is -2.20. The fourth-order valence-electron chi connectivity index (χ4n) is 2.98. The van der Waals surface area contributed by atoms with E-state index in [-0.39, 0.29) is 5.69 Å². The number of anilines is 1. The number of hydrogen-bond donors (Lipinski definition) is 3. The molecule has 5 heteroatoms. The van der Waals surface area contributed by atoms with Crippen molar-refractivity contribution in [1.82, 2.24) is 15.3 Å². The molecule has 3 rings (SSSR count). The number of aromatic nitrogens is 2. The van der Waals surface area contributed by atoms with Crippen LogP contribution in [0.5, 0.6) is 0 Å². The van der Waals surface area contributed by atoms with Crippen LogP contribution in [0.2, 0.25) is 0 Å². The number of nitrogens with one attached hydrogen (secondary N) is 3. The lowest BCUT2D eigenvalue weighted by Crippen LogP contribution is -2.30. The van der Waals surface area contributed by atoms with Gasteiger partial charge in [-0.25, -0.2) is 4.79 Å². The first-order valence-corrected chi connectivity index (χ1v) is 6.89. The van der Waals surface area contributed by atoms with Crippen molar-refractivity contribution in [3.05, 3.63) is 21.7 Å². The van der Waals surface area contributed by atoms with Crippen molar-refractivity contribution in [3.8, 4) is 0 Å². The third-order valence-electron chi connectivity index (χ3n) is 4.01. The number of nitrogens with zero attached hydrogens (tertiary/aromatic N) is 1. The highest BCUT2D eigenvalue weighted by Crippen LogP contribution is 2.25. The molecular formula is C13H20N4O. The van der Waals surface area contributed by atoms with Crippen LogP contribution in [0.3, 0.4) is 0 Å². The molecule has 0 amide bonds. The van der Waals surface area contributed by atoms with Gasteiger partial charge >= 0.3 is 5.69 Å². The van der Waals surface area contributed by atoms with Crippen LogP contribution in [0.1, 0.15) is 36.9 Å². The first-order valence-electron chi connectivity index (χ1n) is 6.89. The molecule has 2 aliphatic rings. The van der Waals surface area contributed by atoms with Gasteiger partial charge in [-0.3, -0.25) is 0 Å². The van der Waals surface area contributed by atoms with Crippen molar-refractivity contribution >= 4 is 5.82 Å². The number of H-pyrrole nitrogens is 1. The molecule has 98 valence electrons. The first-order chi connectivity index (χ1) is 8.83. The quantitative estimate of drug-likeness (QED) is 0.747. The number of rotatable bonds is 3. The van der Waals surface area contributed by atoms with Gasteiger partial charge in [0.15, 0.2) is 0 Å². The Kier molecular flexibility index (Phi) is 3.32. The number of hydrogen-bond acceptors (Lipinski definition) is 4. The predicted octanol–water partition coefficient (Wildman–Crippen LogP) is 1.02. The SMILES string of the molecule is O=c1nc(NCC2CCCC2)c2c([nH]1)CCNC2. The lowest BCUT2D eigenvalue weighted by molar-refractivity contribution is 0.575. The molecule has 5 nitrogen and oxygen atoms in total. The molecule has 1 saturated carbocycles. The lowest BCUT2D eigenvalue weighted by atomic mass is 10.1. The Balaban J connectivity index is 1.77. The van der Waals surface area contributed by atoms with Gasteiger partial charge in [-0.1, -0.05) is 12.8 Å².